The number of ether oxygens (including phenoxy) is 2. The SMILES string of the molecule is O=C(Nc1cccnc1)C1=C[C@H](c2cccs2)C[C@H](OCCCCO)O1. The second-order valence-corrected chi connectivity index (χ2v) is 6.91. The molecule has 0 aromatic carbocycles. The number of thiophene rings is 1. The molecule has 0 fully saturated rings. The normalized spacial score (nSPS) is 19.5. The van der Waals surface area contributed by atoms with Gasteiger partial charge in [-0.05, 0) is 42.5 Å². The smallest absolute Gasteiger partial charge is 0.290 e. The molecule has 138 valence electrons. The van der Waals surface area contributed by atoms with E-state index in [0.29, 0.717) is 25.1 Å². The third kappa shape index (κ3) is 5.14. The largest absolute Gasteiger partial charge is 0.459 e. The lowest BCUT2D eigenvalue weighted by Crippen LogP contribution is -2.29. The third-order valence-electron chi connectivity index (χ3n) is 3.97. The van der Waals surface area contributed by atoms with Gasteiger partial charge in [0.1, 0.15) is 0 Å². The fraction of sp³-hybridized carbons (Fsp3) is 0.368. The summed E-state index contributed by atoms with van der Waals surface area (Å²) in [5, 5.41) is 13.7. The van der Waals surface area contributed by atoms with E-state index in [2.05, 4.69) is 16.4 Å². The third-order valence-corrected chi connectivity index (χ3v) is 4.97. The molecule has 2 atom stereocenters. The Morgan fingerprint density at radius 2 is 2.31 bits per heavy atom. The van der Waals surface area contributed by atoms with Crippen molar-refractivity contribution in [2.24, 2.45) is 0 Å². The number of allylic oxidation sites excluding steroid dienone is 1. The molecule has 2 aromatic heterocycles. The van der Waals surface area contributed by atoms with Crippen molar-refractivity contribution in [2.75, 3.05) is 18.5 Å². The van der Waals surface area contributed by atoms with Crippen LogP contribution in [-0.2, 0) is 14.3 Å². The summed E-state index contributed by atoms with van der Waals surface area (Å²) in [6, 6.07) is 7.58. The number of rotatable bonds is 8. The number of pyridine rings is 1. The first-order valence-corrected chi connectivity index (χ1v) is 9.50. The molecular weight excluding hydrogens is 352 g/mol. The second kappa shape index (κ2) is 9.47. The molecule has 1 aliphatic rings. The Morgan fingerprint density at radius 1 is 1.38 bits per heavy atom. The highest BCUT2D eigenvalue weighted by Crippen LogP contribution is 2.34. The summed E-state index contributed by atoms with van der Waals surface area (Å²) in [6.45, 7) is 0.630. The zero-order chi connectivity index (χ0) is 18.2. The first-order chi connectivity index (χ1) is 12.8. The van der Waals surface area contributed by atoms with Gasteiger partial charge in [0.15, 0.2) is 5.76 Å². The van der Waals surface area contributed by atoms with E-state index in [1.807, 2.05) is 17.5 Å². The summed E-state index contributed by atoms with van der Waals surface area (Å²) in [6.07, 6.45) is 6.69. The van der Waals surface area contributed by atoms with Crippen LogP contribution >= 0.6 is 11.3 Å². The first-order valence-electron chi connectivity index (χ1n) is 8.62. The van der Waals surface area contributed by atoms with Crippen LogP contribution in [0, 0.1) is 0 Å². The van der Waals surface area contributed by atoms with Crippen molar-refractivity contribution < 1.29 is 19.4 Å². The lowest BCUT2D eigenvalue weighted by molar-refractivity contribution is -0.143. The number of nitrogens with zero attached hydrogens (tertiary/aromatic N) is 1. The van der Waals surface area contributed by atoms with Gasteiger partial charge in [0, 0.05) is 30.0 Å². The number of aliphatic hydroxyl groups excluding tert-OH is 1. The maximum absolute atomic E-state index is 12.6. The van der Waals surface area contributed by atoms with Crippen molar-refractivity contribution in [1.82, 2.24) is 4.98 Å². The van der Waals surface area contributed by atoms with Crippen LogP contribution in [0.3, 0.4) is 0 Å². The number of hydrogen-bond acceptors (Lipinski definition) is 6. The first kappa shape index (κ1) is 18.6. The molecular formula is C19H22N2O4S. The summed E-state index contributed by atoms with van der Waals surface area (Å²) in [5.41, 5.74) is 0.612. The Labute approximate surface area is 156 Å². The van der Waals surface area contributed by atoms with Crippen LogP contribution in [0.5, 0.6) is 0 Å². The summed E-state index contributed by atoms with van der Waals surface area (Å²) < 4.78 is 11.6. The molecule has 7 heteroatoms. The molecule has 1 amide bonds. The predicted molar refractivity (Wildman–Crippen MR) is 99.8 cm³/mol. The summed E-state index contributed by atoms with van der Waals surface area (Å²) >= 11 is 1.65. The minimum absolute atomic E-state index is 0.0706. The van der Waals surface area contributed by atoms with E-state index < -0.39 is 6.29 Å². The van der Waals surface area contributed by atoms with Crippen molar-refractivity contribution in [3.63, 3.8) is 0 Å². The summed E-state index contributed by atoms with van der Waals surface area (Å²) in [5.74, 6) is 0.00937. The van der Waals surface area contributed by atoms with Gasteiger partial charge in [-0.1, -0.05) is 6.07 Å². The van der Waals surface area contributed by atoms with Gasteiger partial charge in [0.25, 0.3) is 5.91 Å². The Hall–Kier alpha value is -2.22. The summed E-state index contributed by atoms with van der Waals surface area (Å²) in [4.78, 5) is 17.8. The fourth-order valence-electron chi connectivity index (χ4n) is 2.68. The molecule has 2 N–H and O–H groups in total. The van der Waals surface area contributed by atoms with Crippen molar-refractivity contribution in [2.45, 2.75) is 31.5 Å². The standard InChI is InChI=1S/C19H22N2O4S/c22-8-1-2-9-24-18-12-14(17-6-4-10-26-17)11-16(25-18)19(23)21-15-5-3-7-20-13-15/h3-7,10-11,13-14,18,22H,1-2,8-9,12H2,(H,21,23)/t14-,18+/m0/s1. The molecule has 0 radical (unpaired) electrons. The monoisotopic (exact) mass is 374 g/mol. The van der Waals surface area contributed by atoms with E-state index in [0.717, 1.165) is 6.42 Å². The number of anilines is 1. The summed E-state index contributed by atoms with van der Waals surface area (Å²) in [7, 11) is 0. The van der Waals surface area contributed by atoms with Crippen LogP contribution in [0.4, 0.5) is 5.69 Å². The van der Waals surface area contributed by atoms with Crippen LogP contribution in [0.15, 0.2) is 53.9 Å². The van der Waals surface area contributed by atoms with Gasteiger partial charge in [-0.3, -0.25) is 9.78 Å². The van der Waals surface area contributed by atoms with Gasteiger partial charge < -0.3 is 19.9 Å². The number of hydrogen-bond donors (Lipinski definition) is 2. The maximum atomic E-state index is 12.6. The van der Waals surface area contributed by atoms with E-state index in [9.17, 15) is 4.79 Å². The van der Waals surface area contributed by atoms with Gasteiger partial charge in [0.05, 0.1) is 18.5 Å². The van der Waals surface area contributed by atoms with E-state index >= 15 is 0 Å². The molecule has 0 bridgehead atoms. The topological polar surface area (TPSA) is 80.7 Å². The fourth-order valence-corrected chi connectivity index (χ4v) is 3.49. The number of nitrogens with one attached hydrogen (secondary N) is 1. The molecule has 26 heavy (non-hydrogen) atoms. The van der Waals surface area contributed by atoms with Gasteiger partial charge in [-0.15, -0.1) is 11.3 Å². The molecule has 1 aliphatic heterocycles. The number of carbonyl (C=O) groups excluding carboxylic acids is 1. The molecule has 0 saturated carbocycles. The van der Waals surface area contributed by atoms with Gasteiger partial charge in [-0.25, -0.2) is 0 Å². The highest BCUT2D eigenvalue weighted by atomic mass is 32.1. The molecule has 0 saturated heterocycles. The zero-order valence-corrected chi connectivity index (χ0v) is 15.2. The van der Waals surface area contributed by atoms with Crippen molar-refractivity contribution >= 4 is 22.9 Å². The Balaban J connectivity index is 1.69. The van der Waals surface area contributed by atoms with Crippen LogP contribution in [0.25, 0.3) is 0 Å². The lowest BCUT2D eigenvalue weighted by Gasteiger charge is -2.28. The molecule has 3 heterocycles. The highest BCUT2D eigenvalue weighted by Gasteiger charge is 2.29. The van der Waals surface area contributed by atoms with Gasteiger partial charge in [-0.2, -0.15) is 0 Å². The average molecular weight is 374 g/mol. The van der Waals surface area contributed by atoms with Crippen LogP contribution in [-0.4, -0.2) is 35.5 Å². The minimum Gasteiger partial charge on any atom is -0.459 e. The number of unbranched alkanes of at least 4 members (excludes halogenated alkanes) is 1. The van der Waals surface area contributed by atoms with E-state index in [-0.39, 0.29) is 24.2 Å². The second-order valence-electron chi connectivity index (χ2n) is 5.93. The number of carbonyl (C=O) groups is 1. The highest BCUT2D eigenvalue weighted by molar-refractivity contribution is 7.10. The lowest BCUT2D eigenvalue weighted by atomic mass is 9.99. The zero-order valence-electron chi connectivity index (χ0n) is 14.3. The Kier molecular flexibility index (Phi) is 6.76. The van der Waals surface area contributed by atoms with Crippen molar-refractivity contribution in [1.29, 1.82) is 0 Å². The molecule has 3 rings (SSSR count). The van der Waals surface area contributed by atoms with E-state index in [1.54, 1.807) is 35.9 Å². The molecule has 0 spiro atoms. The molecule has 0 unspecified atom stereocenters. The van der Waals surface area contributed by atoms with Crippen LogP contribution in [0.1, 0.15) is 30.1 Å². The van der Waals surface area contributed by atoms with Crippen LogP contribution in [0.2, 0.25) is 0 Å². The number of aliphatic hydroxyl groups is 1. The maximum Gasteiger partial charge on any atom is 0.290 e. The van der Waals surface area contributed by atoms with E-state index in [1.165, 1.54) is 4.88 Å². The van der Waals surface area contributed by atoms with Crippen molar-refractivity contribution in [3.8, 4) is 0 Å². The van der Waals surface area contributed by atoms with Crippen LogP contribution < -0.4 is 5.32 Å². The van der Waals surface area contributed by atoms with E-state index in [4.69, 9.17) is 14.6 Å². The molecule has 2 aromatic rings. The minimum atomic E-state index is -0.486. The van der Waals surface area contributed by atoms with Crippen molar-refractivity contribution in [3.05, 3.63) is 58.8 Å². The Morgan fingerprint density at radius 3 is 3.04 bits per heavy atom. The van der Waals surface area contributed by atoms with Gasteiger partial charge in [0.2, 0.25) is 6.29 Å². The quantitative estimate of drug-likeness (QED) is 0.693. The molecule has 0 aliphatic carbocycles. The molecule has 6 nitrogen and oxygen atoms in total. The number of amides is 1. The average Bonchev–Trinajstić information content (AvgIpc) is 3.21. The predicted octanol–water partition coefficient (Wildman–Crippen LogP) is 3.28. The Bertz CT molecular complexity index is 718. The number of aromatic nitrogens is 1. The van der Waals surface area contributed by atoms with Gasteiger partial charge >= 0.3 is 0 Å².